The first-order valence-corrected chi connectivity index (χ1v) is 11.2. The van der Waals surface area contributed by atoms with Crippen molar-refractivity contribution in [1.29, 1.82) is 0 Å². The topological polar surface area (TPSA) is 120 Å². The third-order valence-corrected chi connectivity index (χ3v) is 6.53. The van der Waals surface area contributed by atoms with Gasteiger partial charge < -0.3 is 4.90 Å². The molecule has 4 heterocycles. The van der Waals surface area contributed by atoms with Crippen LogP contribution in [0.25, 0.3) is 0 Å². The van der Waals surface area contributed by atoms with Crippen LogP contribution >= 0.6 is 0 Å². The van der Waals surface area contributed by atoms with Gasteiger partial charge in [0.1, 0.15) is 6.04 Å². The number of piperidine rings is 1. The number of hydrogen-bond donors (Lipinski definition) is 1. The van der Waals surface area contributed by atoms with Crippen molar-refractivity contribution < 1.29 is 24.0 Å². The summed E-state index contributed by atoms with van der Waals surface area (Å²) in [6.45, 7) is 3.76. The quantitative estimate of drug-likeness (QED) is 0.508. The first kappa shape index (κ1) is 21.9. The number of carbonyl (C=O) groups is 5. The highest BCUT2D eigenvalue weighted by molar-refractivity contribution is 6.23. The maximum absolute atomic E-state index is 13.1. The van der Waals surface area contributed by atoms with Gasteiger partial charge >= 0.3 is 0 Å². The molecule has 3 aliphatic heterocycles. The standard InChI is InChI=1S/C24H23N5O5/c30-14-15-1-2-16(25-12-15)13-27-7-9-28(10-8-27)17-3-4-18-19(11-17)24(34)29(23(18)33)20-5-6-21(31)26-22(20)32/h1-4,11-12,14,20H,5-10,13H2,(H,26,31,32). The lowest BCUT2D eigenvalue weighted by Gasteiger charge is -2.36. The summed E-state index contributed by atoms with van der Waals surface area (Å²) in [6, 6.07) is 7.83. The van der Waals surface area contributed by atoms with E-state index in [0.717, 1.165) is 48.7 Å². The zero-order valence-electron chi connectivity index (χ0n) is 18.4. The number of benzene rings is 1. The van der Waals surface area contributed by atoms with Crippen LogP contribution in [0.4, 0.5) is 5.69 Å². The number of imide groups is 2. The van der Waals surface area contributed by atoms with Crippen LogP contribution in [0, 0.1) is 0 Å². The number of pyridine rings is 1. The van der Waals surface area contributed by atoms with Crippen molar-refractivity contribution in [2.24, 2.45) is 0 Å². The van der Waals surface area contributed by atoms with E-state index in [-0.39, 0.29) is 24.0 Å². The third kappa shape index (κ3) is 3.96. The van der Waals surface area contributed by atoms with E-state index in [2.05, 4.69) is 20.1 Å². The minimum atomic E-state index is -0.966. The summed E-state index contributed by atoms with van der Waals surface area (Å²) in [5.74, 6) is -2.01. The van der Waals surface area contributed by atoms with Gasteiger partial charge in [0, 0.05) is 56.6 Å². The Bertz CT molecular complexity index is 1190. The molecule has 1 N–H and O–H groups in total. The molecule has 174 valence electrons. The second-order valence-corrected chi connectivity index (χ2v) is 8.64. The Labute approximate surface area is 195 Å². The van der Waals surface area contributed by atoms with Crippen LogP contribution in [0.1, 0.15) is 49.6 Å². The number of amides is 4. The van der Waals surface area contributed by atoms with Crippen molar-refractivity contribution in [1.82, 2.24) is 20.1 Å². The molecule has 1 atom stereocenters. The molecule has 0 spiro atoms. The fourth-order valence-corrected chi connectivity index (χ4v) is 4.65. The van der Waals surface area contributed by atoms with E-state index < -0.39 is 29.7 Å². The van der Waals surface area contributed by atoms with Crippen molar-refractivity contribution in [3.05, 3.63) is 58.9 Å². The van der Waals surface area contributed by atoms with E-state index in [4.69, 9.17) is 0 Å². The van der Waals surface area contributed by atoms with E-state index in [0.29, 0.717) is 12.1 Å². The minimum absolute atomic E-state index is 0.0933. The van der Waals surface area contributed by atoms with Gasteiger partial charge in [-0.2, -0.15) is 0 Å². The Hall–Kier alpha value is -3.92. The lowest BCUT2D eigenvalue weighted by atomic mass is 10.0. The number of aromatic nitrogens is 1. The molecule has 10 nitrogen and oxygen atoms in total. The summed E-state index contributed by atoms with van der Waals surface area (Å²) in [5, 5.41) is 2.21. The van der Waals surface area contributed by atoms with Gasteiger partial charge in [0.2, 0.25) is 11.8 Å². The highest BCUT2D eigenvalue weighted by Gasteiger charge is 2.44. The smallest absolute Gasteiger partial charge is 0.262 e. The summed E-state index contributed by atoms with van der Waals surface area (Å²) in [4.78, 5) is 70.1. The molecule has 2 saturated heterocycles. The molecule has 0 radical (unpaired) electrons. The molecule has 1 aromatic carbocycles. The third-order valence-electron chi connectivity index (χ3n) is 6.53. The molecule has 3 aliphatic rings. The molecule has 5 rings (SSSR count). The number of carbonyl (C=O) groups excluding carboxylic acids is 5. The maximum Gasteiger partial charge on any atom is 0.262 e. The lowest BCUT2D eigenvalue weighted by Crippen LogP contribution is -2.54. The van der Waals surface area contributed by atoms with Crippen LogP contribution in [0.15, 0.2) is 36.5 Å². The molecule has 4 amide bonds. The van der Waals surface area contributed by atoms with Crippen molar-refractivity contribution in [2.45, 2.75) is 25.4 Å². The zero-order chi connectivity index (χ0) is 23.8. The molecule has 1 unspecified atom stereocenters. The molecule has 10 heteroatoms. The van der Waals surface area contributed by atoms with Gasteiger partial charge in [0.05, 0.1) is 16.8 Å². The summed E-state index contributed by atoms with van der Waals surface area (Å²) in [7, 11) is 0. The summed E-state index contributed by atoms with van der Waals surface area (Å²) >= 11 is 0. The highest BCUT2D eigenvalue weighted by atomic mass is 16.2. The van der Waals surface area contributed by atoms with Crippen molar-refractivity contribution in [3.63, 3.8) is 0 Å². The zero-order valence-corrected chi connectivity index (χ0v) is 18.4. The predicted molar refractivity (Wildman–Crippen MR) is 120 cm³/mol. The van der Waals surface area contributed by atoms with Gasteiger partial charge in [-0.25, -0.2) is 0 Å². The molecule has 1 aromatic heterocycles. The second-order valence-electron chi connectivity index (χ2n) is 8.64. The Balaban J connectivity index is 1.25. The fraction of sp³-hybridized carbons (Fsp3) is 0.333. The summed E-state index contributed by atoms with van der Waals surface area (Å²) in [6.07, 6.45) is 2.57. The number of rotatable bonds is 5. The highest BCUT2D eigenvalue weighted by Crippen LogP contribution is 2.31. The predicted octanol–water partition coefficient (Wildman–Crippen LogP) is 0.618. The van der Waals surface area contributed by atoms with E-state index in [1.54, 1.807) is 24.4 Å². The van der Waals surface area contributed by atoms with Crippen LogP contribution in [0.5, 0.6) is 0 Å². The average Bonchev–Trinajstić information content (AvgIpc) is 3.09. The summed E-state index contributed by atoms with van der Waals surface area (Å²) < 4.78 is 0. The molecular formula is C24H23N5O5. The van der Waals surface area contributed by atoms with Gasteiger partial charge in [-0.3, -0.25) is 44.1 Å². The van der Waals surface area contributed by atoms with Crippen LogP contribution in [-0.2, 0) is 16.1 Å². The molecule has 0 bridgehead atoms. The number of anilines is 1. The Morgan fingerprint density at radius 1 is 0.971 bits per heavy atom. The van der Waals surface area contributed by atoms with E-state index in [9.17, 15) is 24.0 Å². The molecular weight excluding hydrogens is 438 g/mol. The van der Waals surface area contributed by atoms with Crippen molar-refractivity contribution >= 4 is 35.6 Å². The monoisotopic (exact) mass is 461 g/mol. The van der Waals surface area contributed by atoms with Gasteiger partial charge in [0.25, 0.3) is 11.8 Å². The SMILES string of the molecule is O=Cc1ccc(CN2CCN(c3ccc4c(c3)C(=O)N(C3CCC(=O)NC3=O)C4=O)CC2)nc1. The number of piperazine rings is 1. The van der Waals surface area contributed by atoms with Gasteiger partial charge in [-0.15, -0.1) is 0 Å². The second kappa shape index (κ2) is 8.79. The summed E-state index contributed by atoms with van der Waals surface area (Å²) in [5.41, 5.74) is 2.86. The van der Waals surface area contributed by atoms with Crippen LogP contribution in [0.3, 0.4) is 0 Å². The Morgan fingerprint density at radius 3 is 2.41 bits per heavy atom. The van der Waals surface area contributed by atoms with Crippen LogP contribution in [-0.4, -0.2) is 76.9 Å². The van der Waals surface area contributed by atoms with Crippen molar-refractivity contribution in [2.75, 3.05) is 31.1 Å². The number of hydrogen-bond acceptors (Lipinski definition) is 8. The molecule has 34 heavy (non-hydrogen) atoms. The van der Waals surface area contributed by atoms with E-state index in [1.165, 1.54) is 0 Å². The molecule has 2 fully saturated rings. The fourth-order valence-electron chi connectivity index (χ4n) is 4.65. The Morgan fingerprint density at radius 2 is 1.74 bits per heavy atom. The van der Waals surface area contributed by atoms with Crippen LogP contribution < -0.4 is 10.2 Å². The first-order chi connectivity index (χ1) is 16.4. The van der Waals surface area contributed by atoms with Gasteiger partial charge in [-0.1, -0.05) is 0 Å². The van der Waals surface area contributed by atoms with Crippen molar-refractivity contribution in [3.8, 4) is 0 Å². The van der Waals surface area contributed by atoms with Gasteiger partial charge in [0.15, 0.2) is 6.29 Å². The minimum Gasteiger partial charge on any atom is -0.369 e. The number of aldehydes is 1. The number of nitrogens with one attached hydrogen (secondary N) is 1. The molecule has 0 aliphatic carbocycles. The Kier molecular flexibility index (Phi) is 5.66. The van der Waals surface area contributed by atoms with E-state index >= 15 is 0 Å². The number of fused-ring (bicyclic) bond motifs is 1. The maximum atomic E-state index is 13.1. The van der Waals surface area contributed by atoms with E-state index in [1.807, 2.05) is 12.1 Å². The number of nitrogens with zero attached hydrogens (tertiary/aromatic N) is 4. The lowest BCUT2D eigenvalue weighted by molar-refractivity contribution is -0.136. The molecule has 2 aromatic rings. The van der Waals surface area contributed by atoms with Crippen LogP contribution in [0.2, 0.25) is 0 Å². The van der Waals surface area contributed by atoms with Gasteiger partial charge in [-0.05, 0) is 36.8 Å². The average molecular weight is 461 g/mol. The first-order valence-electron chi connectivity index (χ1n) is 11.2. The largest absolute Gasteiger partial charge is 0.369 e. The normalized spacial score (nSPS) is 21.0. The molecule has 0 saturated carbocycles.